The lowest BCUT2D eigenvalue weighted by Gasteiger charge is -2.33. The van der Waals surface area contributed by atoms with Crippen molar-refractivity contribution in [2.24, 2.45) is 0 Å². The van der Waals surface area contributed by atoms with Gasteiger partial charge in [0, 0.05) is 25.2 Å². The molecule has 0 bridgehead atoms. The predicted octanol–water partition coefficient (Wildman–Crippen LogP) is 2.73. The molecule has 1 aliphatic carbocycles. The zero-order chi connectivity index (χ0) is 22.7. The molecular formula is C22H28FN7O2. The first kappa shape index (κ1) is 21.9. The van der Waals surface area contributed by atoms with Crippen LogP contribution in [0, 0.1) is 0 Å². The first-order valence-corrected chi connectivity index (χ1v) is 10.9. The summed E-state index contributed by atoms with van der Waals surface area (Å²) in [5.41, 5.74) is 1.43. The second-order valence-corrected chi connectivity index (χ2v) is 8.62. The Labute approximate surface area is 185 Å². The molecule has 32 heavy (non-hydrogen) atoms. The van der Waals surface area contributed by atoms with Gasteiger partial charge in [0.1, 0.15) is 11.4 Å². The van der Waals surface area contributed by atoms with Gasteiger partial charge in [0.2, 0.25) is 5.91 Å². The van der Waals surface area contributed by atoms with Gasteiger partial charge in [-0.2, -0.15) is 10.2 Å². The molecule has 3 heterocycles. The van der Waals surface area contributed by atoms with Gasteiger partial charge in [-0.05, 0) is 57.2 Å². The first-order valence-electron chi connectivity index (χ1n) is 10.9. The number of fused-ring (bicyclic) bond motifs is 1. The maximum Gasteiger partial charge on any atom is 0.269 e. The summed E-state index contributed by atoms with van der Waals surface area (Å²) in [5.74, 6) is -0.386. The number of carbonyl (C=O) groups is 2. The van der Waals surface area contributed by atoms with Crippen molar-refractivity contribution in [1.82, 2.24) is 35.0 Å². The summed E-state index contributed by atoms with van der Waals surface area (Å²) in [6, 6.07) is 3.59. The number of imidazole rings is 1. The van der Waals surface area contributed by atoms with E-state index in [1.807, 2.05) is 19.9 Å². The maximum atomic E-state index is 14.0. The standard InChI is InChI=1S/C22H28FN7O2/c1-15(2)30-18(5-9-26-30)21(32)25-13-17-14-29-19(28-17)10-16(12-27-29)11-24-20(31)4-8-22(23)6-3-7-22/h5,9-10,12,14-15H,3-4,6-8,11,13H2,1-2H3,(H,24,31)(H,25,32). The van der Waals surface area contributed by atoms with E-state index >= 15 is 0 Å². The van der Waals surface area contributed by atoms with Gasteiger partial charge in [0.05, 0.1) is 24.6 Å². The molecule has 1 saturated carbocycles. The van der Waals surface area contributed by atoms with E-state index in [-0.39, 0.29) is 37.2 Å². The average Bonchev–Trinajstić information content (AvgIpc) is 3.39. The zero-order valence-corrected chi connectivity index (χ0v) is 18.3. The zero-order valence-electron chi connectivity index (χ0n) is 18.3. The molecule has 0 atom stereocenters. The van der Waals surface area contributed by atoms with Crippen LogP contribution in [0.15, 0.2) is 30.7 Å². The van der Waals surface area contributed by atoms with Crippen LogP contribution in [-0.4, -0.2) is 41.9 Å². The molecule has 3 aromatic rings. The van der Waals surface area contributed by atoms with Crippen molar-refractivity contribution >= 4 is 17.5 Å². The number of halogens is 1. The highest BCUT2D eigenvalue weighted by molar-refractivity contribution is 5.92. The highest BCUT2D eigenvalue weighted by Crippen LogP contribution is 2.39. The first-order chi connectivity index (χ1) is 15.3. The van der Waals surface area contributed by atoms with Crippen LogP contribution < -0.4 is 10.6 Å². The van der Waals surface area contributed by atoms with Crippen molar-refractivity contribution < 1.29 is 14.0 Å². The minimum Gasteiger partial charge on any atom is -0.352 e. The molecule has 4 rings (SSSR count). The molecule has 170 valence electrons. The third-order valence-corrected chi connectivity index (χ3v) is 5.79. The lowest BCUT2D eigenvalue weighted by Crippen LogP contribution is -2.34. The molecule has 0 saturated heterocycles. The van der Waals surface area contributed by atoms with Gasteiger partial charge in [-0.15, -0.1) is 0 Å². The van der Waals surface area contributed by atoms with Crippen LogP contribution in [0.4, 0.5) is 4.39 Å². The van der Waals surface area contributed by atoms with E-state index in [2.05, 4.69) is 25.8 Å². The van der Waals surface area contributed by atoms with Crippen LogP contribution in [0.5, 0.6) is 0 Å². The van der Waals surface area contributed by atoms with E-state index in [4.69, 9.17) is 0 Å². The van der Waals surface area contributed by atoms with Gasteiger partial charge in [-0.1, -0.05) is 0 Å². The van der Waals surface area contributed by atoms with Crippen molar-refractivity contribution in [2.45, 2.75) is 70.8 Å². The minimum atomic E-state index is -1.14. The average molecular weight is 442 g/mol. The molecule has 9 nitrogen and oxygen atoms in total. The third kappa shape index (κ3) is 4.95. The molecule has 3 aromatic heterocycles. The Morgan fingerprint density at radius 1 is 1.22 bits per heavy atom. The van der Waals surface area contributed by atoms with Gasteiger partial charge in [-0.3, -0.25) is 14.3 Å². The second-order valence-electron chi connectivity index (χ2n) is 8.62. The molecule has 1 fully saturated rings. The summed E-state index contributed by atoms with van der Waals surface area (Å²) in [6.07, 6.45) is 7.50. The molecule has 0 spiro atoms. The van der Waals surface area contributed by atoms with Crippen molar-refractivity contribution in [3.8, 4) is 0 Å². The number of carbonyl (C=O) groups excluding carboxylic acids is 2. The normalized spacial score (nSPS) is 15.0. The Hall–Kier alpha value is -3.30. The Balaban J connectivity index is 1.31. The van der Waals surface area contributed by atoms with E-state index in [0.29, 0.717) is 36.4 Å². The topological polar surface area (TPSA) is 106 Å². The number of hydrogen-bond acceptors (Lipinski definition) is 5. The van der Waals surface area contributed by atoms with Gasteiger partial charge >= 0.3 is 0 Å². The van der Waals surface area contributed by atoms with Crippen LogP contribution >= 0.6 is 0 Å². The summed E-state index contributed by atoms with van der Waals surface area (Å²) in [4.78, 5) is 29.0. The van der Waals surface area contributed by atoms with Gasteiger partial charge < -0.3 is 10.6 Å². The van der Waals surface area contributed by atoms with E-state index in [0.717, 1.165) is 12.0 Å². The smallest absolute Gasteiger partial charge is 0.269 e. The Morgan fingerprint density at radius 3 is 2.75 bits per heavy atom. The van der Waals surface area contributed by atoms with Gasteiger partial charge in [0.25, 0.3) is 5.91 Å². The fourth-order valence-electron chi connectivity index (χ4n) is 3.75. The van der Waals surface area contributed by atoms with E-state index in [9.17, 15) is 14.0 Å². The fraction of sp³-hybridized carbons (Fsp3) is 0.500. The Morgan fingerprint density at radius 2 is 2.03 bits per heavy atom. The van der Waals surface area contributed by atoms with Crippen molar-refractivity contribution in [3.63, 3.8) is 0 Å². The quantitative estimate of drug-likeness (QED) is 0.531. The molecule has 10 heteroatoms. The van der Waals surface area contributed by atoms with Crippen LogP contribution in [-0.2, 0) is 17.9 Å². The number of aromatic nitrogens is 5. The number of nitrogens with one attached hydrogen (secondary N) is 2. The highest BCUT2D eigenvalue weighted by atomic mass is 19.1. The molecule has 2 amide bonds. The molecule has 0 unspecified atom stereocenters. The Kier molecular flexibility index (Phi) is 6.20. The Bertz CT molecular complexity index is 1120. The maximum absolute atomic E-state index is 14.0. The van der Waals surface area contributed by atoms with Crippen molar-refractivity contribution in [1.29, 1.82) is 0 Å². The molecular weight excluding hydrogens is 413 g/mol. The summed E-state index contributed by atoms with van der Waals surface area (Å²) in [6.45, 7) is 4.48. The summed E-state index contributed by atoms with van der Waals surface area (Å²) in [7, 11) is 0. The number of hydrogen-bond donors (Lipinski definition) is 2. The van der Waals surface area contributed by atoms with Crippen LogP contribution in [0.1, 0.15) is 73.7 Å². The van der Waals surface area contributed by atoms with Crippen LogP contribution in [0.25, 0.3) is 5.65 Å². The lowest BCUT2D eigenvalue weighted by molar-refractivity contribution is -0.122. The number of rotatable bonds is 9. The lowest BCUT2D eigenvalue weighted by atomic mass is 9.79. The fourth-order valence-corrected chi connectivity index (χ4v) is 3.75. The molecule has 0 aliphatic heterocycles. The van der Waals surface area contributed by atoms with Crippen LogP contribution in [0.3, 0.4) is 0 Å². The molecule has 1 aliphatic rings. The van der Waals surface area contributed by atoms with Crippen molar-refractivity contribution in [2.75, 3.05) is 0 Å². The van der Waals surface area contributed by atoms with E-state index in [1.165, 1.54) is 0 Å². The molecule has 0 radical (unpaired) electrons. The number of alkyl halides is 1. The predicted molar refractivity (Wildman–Crippen MR) is 116 cm³/mol. The van der Waals surface area contributed by atoms with E-state index < -0.39 is 5.67 Å². The third-order valence-electron chi connectivity index (χ3n) is 5.79. The van der Waals surface area contributed by atoms with Crippen molar-refractivity contribution in [3.05, 3.63) is 47.7 Å². The summed E-state index contributed by atoms with van der Waals surface area (Å²) in [5, 5.41) is 14.2. The van der Waals surface area contributed by atoms with Gasteiger partial charge in [0.15, 0.2) is 5.65 Å². The summed E-state index contributed by atoms with van der Waals surface area (Å²) < 4.78 is 17.3. The number of nitrogens with zero attached hydrogens (tertiary/aromatic N) is 5. The minimum absolute atomic E-state index is 0.0837. The number of amides is 2. The summed E-state index contributed by atoms with van der Waals surface area (Å²) >= 11 is 0. The highest BCUT2D eigenvalue weighted by Gasteiger charge is 2.36. The largest absolute Gasteiger partial charge is 0.352 e. The van der Waals surface area contributed by atoms with Crippen LogP contribution in [0.2, 0.25) is 0 Å². The molecule has 2 N–H and O–H groups in total. The second kappa shape index (κ2) is 9.05. The molecule has 0 aromatic carbocycles. The monoisotopic (exact) mass is 441 g/mol. The van der Waals surface area contributed by atoms with E-state index in [1.54, 1.807) is 33.9 Å². The van der Waals surface area contributed by atoms with Gasteiger partial charge in [-0.25, -0.2) is 13.9 Å². The SMILES string of the molecule is CC(C)n1nccc1C(=O)NCc1cn2ncc(CNC(=O)CCC3(F)CCC3)cc2n1.